The fraction of sp³-hybridized carbons (Fsp3) is 0.421. The average Bonchev–Trinajstić information content (AvgIpc) is 3.31. The van der Waals surface area contributed by atoms with Crippen molar-refractivity contribution in [2.45, 2.75) is 38.6 Å². The van der Waals surface area contributed by atoms with Crippen molar-refractivity contribution in [3.63, 3.8) is 0 Å². The second-order valence-corrected chi connectivity index (χ2v) is 8.00. The van der Waals surface area contributed by atoms with Crippen molar-refractivity contribution in [3.05, 3.63) is 29.9 Å². The van der Waals surface area contributed by atoms with Crippen LogP contribution in [0.25, 0.3) is 21.7 Å². The van der Waals surface area contributed by atoms with Gasteiger partial charge in [-0.05, 0) is 50.7 Å². The number of carbonyl (C=O) groups is 1. The smallest absolute Gasteiger partial charge is 0.227 e. The van der Waals surface area contributed by atoms with Crippen molar-refractivity contribution in [1.82, 2.24) is 15.0 Å². The molecule has 0 bridgehead atoms. The molecule has 0 aliphatic heterocycles. The van der Waals surface area contributed by atoms with Crippen LogP contribution in [0.3, 0.4) is 0 Å². The van der Waals surface area contributed by atoms with Crippen LogP contribution in [0.4, 0.5) is 5.69 Å². The van der Waals surface area contributed by atoms with Gasteiger partial charge in [0.15, 0.2) is 0 Å². The fourth-order valence-electron chi connectivity index (χ4n) is 3.75. The molecule has 1 fully saturated rings. The maximum atomic E-state index is 12.7. The molecule has 0 aromatic carbocycles. The molecule has 4 rings (SSSR count). The Morgan fingerprint density at radius 2 is 2.12 bits per heavy atom. The SMILES string of the molecule is CC(N)[C@H]1CC[C@H](C(=O)Nc2ccnc3[nH]c(-c4nccs4)cc23)CC1. The van der Waals surface area contributed by atoms with Crippen LogP contribution in [0.15, 0.2) is 29.9 Å². The van der Waals surface area contributed by atoms with E-state index in [1.807, 2.05) is 17.5 Å². The number of anilines is 1. The summed E-state index contributed by atoms with van der Waals surface area (Å²) in [7, 11) is 0. The van der Waals surface area contributed by atoms with E-state index in [9.17, 15) is 4.79 Å². The first kappa shape index (κ1) is 17.2. The van der Waals surface area contributed by atoms with Gasteiger partial charge in [0.1, 0.15) is 10.7 Å². The van der Waals surface area contributed by atoms with Gasteiger partial charge in [0, 0.05) is 35.1 Å². The van der Waals surface area contributed by atoms with E-state index in [2.05, 4.69) is 27.2 Å². The van der Waals surface area contributed by atoms with E-state index in [-0.39, 0.29) is 17.9 Å². The maximum Gasteiger partial charge on any atom is 0.227 e. The number of hydrogen-bond acceptors (Lipinski definition) is 5. The number of amides is 1. The van der Waals surface area contributed by atoms with E-state index in [0.29, 0.717) is 5.92 Å². The standard InChI is InChI=1S/C19H23N5OS/c1-11(20)12-2-4-13(5-3-12)18(25)24-15-6-7-21-17-14(15)10-16(23-17)19-22-8-9-26-19/h6-13H,2-5,20H2,1H3,(H2,21,23,24,25)/t11?,12-,13-. The lowest BCUT2D eigenvalue weighted by atomic mass is 9.79. The van der Waals surface area contributed by atoms with E-state index < -0.39 is 0 Å². The number of nitrogens with zero attached hydrogens (tertiary/aromatic N) is 2. The Balaban J connectivity index is 1.51. The highest BCUT2D eigenvalue weighted by Gasteiger charge is 2.28. The van der Waals surface area contributed by atoms with E-state index >= 15 is 0 Å². The lowest BCUT2D eigenvalue weighted by Crippen LogP contribution is -2.33. The van der Waals surface area contributed by atoms with Gasteiger partial charge in [0.2, 0.25) is 5.91 Å². The number of aromatic nitrogens is 3. The van der Waals surface area contributed by atoms with E-state index in [4.69, 9.17) is 5.73 Å². The maximum absolute atomic E-state index is 12.7. The number of pyridine rings is 1. The molecule has 0 saturated heterocycles. The normalized spacial score (nSPS) is 21.6. The Morgan fingerprint density at radius 3 is 2.81 bits per heavy atom. The van der Waals surface area contributed by atoms with Gasteiger partial charge in [-0.3, -0.25) is 4.79 Å². The minimum absolute atomic E-state index is 0.0607. The summed E-state index contributed by atoms with van der Waals surface area (Å²) in [5.74, 6) is 0.695. The quantitative estimate of drug-likeness (QED) is 0.652. The summed E-state index contributed by atoms with van der Waals surface area (Å²) in [5, 5.41) is 6.87. The Bertz CT molecular complexity index is 894. The van der Waals surface area contributed by atoms with E-state index in [1.165, 1.54) is 0 Å². The van der Waals surface area contributed by atoms with Crippen LogP contribution >= 0.6 is 11.3 Å². The van der Waals surface area contributed by atoms with Gasteiger partial charge < -0.3 is 16.0 Å². The van der Waals surface area contributed by atoms with E-state index in [1.54, 1.807) is 23.7 Å². The number of hydrogen-bond donors (Lipinski definition) is 3. The predicted molar refractivity (Wildman–Crippen MR) is 105 cm³/mol. The molecule has 1 unspecified atom stereocenters. The van der Waals surface area contributed by atoms with Crippen molar-refractivity contribution in [1.29, 1.82) is 0 Å². The molecule has 3 aromatic heterocycles. The summed E-state index contributed by atoms with van der Waals surface area (Å²) in [4.78, 5) is 24.7. The largest absolute Gasteiger partial charge is 0.337 e. The Labute approximate surface area is 156 Å². The van der Waals surface area contributed by atoms with Crippen LogP contribution in [-0.2, 0) is 4.79 Å². The zero-order valence-corrected chi connectivity index (χ0v) is 15.6. The lowest BCUT2D eigenvalue weighted by molar-refractivity contribution is -0.121. The molecule has 1 amide bonds. The number of rotatable bonds is 4. The molecule has 1 aliphatic carbocycles. The molecular formula is C19H23N5OS. The Morgan fingerprint density at radius 1 is 1.31 bits per heavy atom. The highest BCUT2D eigenvalue weighted by Crippen LogP contribution is 2.33. The summed E-state index contributed by atoms with van der Waals surface area (Å²) >= 11 is 1.57. The van der Waals surface area contributed by atoms with Gasteiger partial charge >= 0.3 is 0 Å². The number of fused-ring (bicyclic) bond motifs is 1. The summed E-state index contributed by atoms with van der Waals surface area (Å²) in [6.45, 7) is 2.06. The zero-order valence-electron chi connectivity index (χ0n) is 14.7. The van der Waals surface area contributed by atoms with Crippen molar-refractivity contribution in [2.75, 3.05) is 5.32 Å². The first-order chi connectivity index (χ1) is 12.6. The molecule has 4 N–H and O–H groups in total. The summed E-state index contributed by atoms with van der Waals surface area (Å²) in [6, 6.07) is 4.07. The second-order valence-electron chi connectivity index (χ2n) is 7.10. The predicted octanol–water partition coefficient (Wildman–Crippen LogP) is 3.78. The third kappa shape index (κ3) is 3.37. The van der Waals surface area contributed by atoms with Crippen LogP contribution < -0.4 is 11.1 Å². The van der Waals surface area contributed by atoms with Gasteiger partial charge in [-0.15, -0.1) is 11.3 Å². The average molecular weight is 369 g/mol. The molecule has 3 heterocycles. The van der Waals surface area contributed by atoms with Crippen molar-refractivity contribution in [2.24, 2.45) is 17.6 Å². The lowest BCUT2D eigenvalue weighted by Gasteiger charge is -2.30. The van der Waals surface area contributed by atoms with Gasteiger partial charge in [-0.2, -0.15) is 0 Å². The highest BCUT2D eigenvalue weighted by atomic mass is 32.1. The molecule has 136 valence electrons. The van der Waals surface area contributed by atoms with Crippen molar-refractivity contribution < 1.29 is 4.79 Å². The van der Waals surface area contributed by atoms with Crippen LogP contribution in [0.2, 0.25) is 0 Å². The number of H-pyrrole nitrogens is 1. The molecule has 0 radical (unpaired) electrons. The van der Waals surface area contributed by atoms with Crippen LogP contribution in [0, 0.1) is 11.8 Å². The fourth-order valence-corrected chi connectivity index (χ4v) is 4.36. The molecule has 1 aliphatic rings. The molecule has 3 aromatic rings. The van der Waals surface area contributed by atoms with Gasteiger partial charge in [0.25, 0.3) is 0 Å². The Kier molecular flexibility index (Phi) is 4.74. The van der Waals surface area contributed by atoms with Gasteiger partial charge in [-0.1, -0.05) is 0 Å². The molecule has 26 heavy (non-hydrogen) atoms. The number of thiazole rings is 1. The summed E-state index contributed by atoms with van der Waals surface area (Å²) in [5.41, 5.74) is 8.48. The third-order valence-electron chi connectivity index (χ3n) is 5.34. The number of nitrogens with two attached hydrogens (primary N) is 1. The Hall–Kier alpha value is -2.25. The zero-order chi connectivity index (χ0) is 18.1. The minimum Gasteiger partial charge on any atom is -0.337 e. The first-order valence-corrected chi connectivity index (χ1v) is 9.94. The molecule has 6 nitrogen and oxygen atoms in total. The third-order valence-corrected chi connectivity index (χ3v) is 6.15. The van der Waals surface area contributed by atoms with E-state index in [0.717, 1.165) is 53.1 Å². The van der Waals surface area contributed by atoms with Crippen molar-refractivity contribution in [3.8, 4) is 10.7 Å². The highest BCUT2D eigenvalue weighted by molar-refractivity contribution is 7.13. The number of carbonyl (C=O) groups excluding carboxylic acids is 1. The van der Waals surface area contributed by atoms with Gasteiger partial charge in [-0.25, -0.2) is 9.97 Å². The van der Waals surface area contributed by atoms with Crippen molar-refractivity contribution >= 4 is 34.0 Å². The molecular weight excluding hydrogens is 346 g/mol. The monoisotopic (exact) mass is 369 g/mol. The van der Waals surface area contributed by atoms with Crippen LogP contribution in [0.5, 0.6) is 0 Å². The molecule has 7 heteroatoms. The molecule has 0 spiro atoms. The minimum atomic E-state index is 0.0607. The number of aromatic amines is 1. The number of nitrogens with one attached hydrogen (secondary N) is 2. The summed E-state index contributed by atoms with van der Waals surface area (Å²) < 4.78 is 0. The topological polar surface area (TPSA) is 96.7 Å². The van der Waals surface area contributed by atoms with Crippen LogP contribution in [0.1, 0.15) is 32.6 Å². The molecule has 1 atom stereocenters. The van der Waals surface area contributed by atoms with Gasteiger partial charge in [0.05, 0.1) is 11.4 Å². The molecule has 1 saturated carbocycles. The second kappa shape index (κ2) is 7.17. The summed E-state index contributed by atoms with van der Waals surface area (Å²) in [6.07, 6.45) is 7.36. The first-order valence-electron chi connectivity index (χ1n) is 9.06. The van der Waals surface area contributed by atoms with Crippen LogP contribution in [-0.4, -0.2) is 26.9 Å².